The number of alkyl halides is 3. The van der Waals surface area contributed by atoms with Crippen LogP contribution in [0.2, 0.25) is 0 Å². The summed E-state index contributed by atoms with van der Waals surface area (Å²) < 4.78 is 40.3. The van der Waals surface area contributed by atoms with Crippen molar-refractivity contribution in [2.75, 3.05) is 31.1 Å². The maximum absolute atomic E-state index is 13.4. The van der Waals surface area contributed by atoms with Crippen LogP contribution in [0.1, 0.15) is 67.1 Å². The number of amides is 1. The summed E-state index contributed by atoms with van der Waals surface area (Å²) in [7, 11) is 0. The Morgan fingerprint density at radius 3 is 2.44 bits per heavy atom. The normalized spacial score (nSPS) is 15.1. The van der Waals surface area contributed by atoms with Crippen LogP contribution in [-0.4, -0.2) is 47.0 Å². The highest BCUT2D eigenvalue weighted by Crippen LogP contribution is 2.38. The number of carbonyl (C=O) groups is 1. The number of anilines is 1. The standard InChI is InChI=1S/C26H31F3N4O/c1-3-11-32(12-4-2)19-15-23-22(30-17-19)16-24(31-23)25(34)33-13-9-18(10-14-33)20-7-5-6-8-21(20)26(27,28)29/h5-8,15-18,31H,3-4,9-14H2,1-2H3. The number of rotatable bonds is 7. The lowest BCUT2D eigenvalue weighted by Gasteiger charge is -2.33. The molecule has 8 heteroatoms. The summed E-state index contributed by atoms with van der Waals surface area (Å²) in [6.07, 6.45) is 0.559. The van der Waals surface area contributed by atoms with E-state index in [2.05, 4.69) is 28.7 Å². The monoisotopic (exact) mass is 472 g/mol. The second kappa shape index (κ2) is 10.1. The lowest BCUT2D eigenvalue weighted by Crippen LogP contribution is -2.38. The fraction of sp³-hybridized carbons (Fsp3) is 0.462. The smallest absolute Gasteiger partial charge is 0.370 e. The molecule has 3 heterocycles. The first-order chi connectivity index (χ1) is 16.3. The van der Waals surface area contributed by atoms with Gasteiger partial charge >= 0.3 is 6.18 Å². The number of hydrogen-bond donors (Lipinski definition) is 1. The molecule has 0 atom stereocenters. The van der Waals surface area contributed by atoms with Crippen LogP contribution in [0.15, 0.2) is 42.6 Å². The van der Waals surface area contributed by atoms with Crippen molar-refractivity contribution in [3.63, 3.8) is 0 Å². The summed E-state index contributed by atoms with van der Waals surface area (Å²) in [6.45, 7) is 7.02. The molecule has 1 saturated heterocycles. The number of hydrogen-bond acceptors (Lipinski definition) is 3. The Labute approximate surface area is 198 Å². The van der Waals surface area contributed by atoms with Crippen LogP contribution >= 0.6 is 0 Å². The van der Waals surface area contributed by atoms with Gasteiger partial charge < -0.3 is 14.8 Å². The molecule has 1 aliphatic heterocycles. The average Bonchev–Trinajstić information content (AvgIpc) is 3.26. The molecule has 1 aliphatic rings. The SMILES string of the molecule is CCCN(CCC)c1cnc2cc(C(=O)N3CCC(c4ccccc4C(F)(F)F)CC3)[nH]c2c1. The van der Waals surface area contributed by atoms with E-state index in [1.54, 1.807) is 23.1 Å². The lowest BCUT2D eigenvalue weighted by atomic mass is 9.86. The molecule has 0 bridgehead atoms. The maximum Gasteiger partial charge on any atom is 0.416 e. The Bertz CT molecular complexity index is 1130. The zero-order chi connectivity index (χ0) is 24.3. The van der Waals surface area contributed by atoms with Gasteiger partial charge in [-0.25, -0.2) is 0 Å². The highest BCUT2D eigenvalue weighted by molar-refractivity contribution is 5.97. The van der Waals surface area contributed by atoms with Crippen LogP contribution in [0.25, 0.3) is 11.0 Å². The van der Waals surface area contributed by atoms with Gasteiger partial charge in [0.1, 0.15) is 5.69 Å². The molecule has 0 unspecified atom stereocenters. The molecule has 5 nitrogen and oxygen atoms in total. The summed E-state index contributed by atoms with van der Waals surface area (Å²) >= 11 is 0. The number of H-pyrrole nitrogens is 1. The van der Waals surface area contributed by atoms with Crippen LogP contribution in [0.4, 0.5) is 18.9 Å². The van der Waals surface area contributed by atoms with Gasteiger partial charge in [0.15, 0.2) is 0 Å². The van der Waals surface area contributed by atoms with Crippen LogP contribution in [-0.2, 0) is 6.18 Å². The number of benzene rings is 1. The van der Waals surface area contributed by atoms with Gasteiger partial charge in [0.25, 0.3) is 5.91 Å². The molecule has 0 spiro atoms. The maximum atomic E-state index is 13.4. The molecule has 1 amide bonds. The molecular weight excluding hydrogens is 441 g/mol. The van der Waals surface area contributed by atoms with Crippen molar-refractivity contribution in [2.24, 2.45) is 0 Å². The molecule has 1 aromatic carbocycles. The van der Waals surface area contributed by atoms with Crippen molar-refractivity contribution >= 4 is 22.6 Å². The number of halogens is 3. The van der Waals surface area contributed by atoms with Gasteiger partial charge in [0, 0.05) is 26.2 Å². The van der Waals surface area contributed by atoms with Crippen LogP contribution in [0.5, 0.6) is 0 Å². The Hall–Kier alpha value is -3.03. The van der Waals surface area contributed by atoms with E-state index in [4.69, 9.17) is 0 Å². The fourth-order valence-electron chi connectivity index (χ4n) is 4.87. The average molecular weight is 473 g/mol. The minimum atomic E-state index is -4.37. The number of nitrogens with zero attached hydrogens (tertiary/aromatic N) is 3. The van der Waals surface area contributed by atoms with Crippen molar-refractivity contribution in [2.45, 2.75) is 51.6 Å². The van der Waals surface area contributed by atoms with E-state index in [0.717, 1.165) is 48.7 Å². The predicted molar refractivity (Wildman–Crippen MR) is 128 cm³/mol. The van der Waals surface area contributed by atoms with E-state index in [1.165, 1.54) is 6.07 Å². The Balaban J connectivity index is 1.47. The number of likely N-dealkylation sites (tertiary alicyclic amines) is 1. The van der Waals surface area contributed by atoms with E-state index >= 15 is 0 Å². The summed E-state index contributed by atoms with van der Waals surface area (Å²) in [5.74, 6) is -0.349. The van der Waals surface area contributed by atoms with E-state index in [9.17, 15) is 18.0 Å². The Morgan fingerprint density at radius 1 is 1.12 bits per heavy atom. The third kappa shape index (κ3) is 5.05. The van der Waals surface area contributed by atoms with Crippen molar-refractivity contribution in [3.05, 3.63) is 59.4 Å². The van der Waals surface area contributed by atoms with Crippen LogP contribution in [0.3, 0.4) is 0 Å². The molecule has 2 aromatic heterocycles. The molecule has 34 heavy (non-hydrogen) atoms. The van der Waals surface area contributed by atoms with Gasteiger partial charge in [-0.15, -0.1) is 0 Å². The molecule has 1 N–H and O–H groups in total. The minimum absolute atomic E-state index is 0.138. The summed E-state index contributed by atoms with van der Waals surface area (Å²) in [5.41, 5.74) is 2.79. The first-order valence-electron chi connectivity index (χ1n) is 12.0. The van der Waals surface area contributed by atoms with Crippen LogP contribution < -0.4 is 4.90 Å². The topological polar surface area (TPSA) is 52.2 Å². The second-order valence-electron chi connectivity index (χ2n) is 8.95. The number of aromatic amines is 1. The molecule has 4 rings (SSSR count). The van der Waals surface area contributed by atoms with E-state index in [-0.39, 0.29) is 11.8 Å². The quantitative estimate of drug-likeness (QED) is 0.444. The molecule has 0 aliphatic carbocycles. The predicted octanol–water partition coefficient (Wildman–Crippen LogP) is 6.23. The van der Waals surface area contributed by atoms with E-state index < -0.39 is 11.7 Å². The van der Waals surface area contributed by atoms with Gasteiger partial charge in [-0.3, -0.25) is 9.78 Å². The number of pyridine rings is 1. The number of nitrogens with one attached hydrogen (secondary N) is 1. The van der Waals surface area contributed by atoms with Gasteiger partial charge in [0.05, 0.1) is 28.5 Å². The molecule has 0 radical (unpaired) electrons. The molecule has 0 saturated carbocycles. The van der Waals surface area contributed by atoms with Crippen molar-refractivity contribution < 1.29 is 18.0 Å². The zero-order valence-electron chi connectivity index (χ0n) is 19.7. The first kappa shape index (κ1) is 24.1. The third-order valence-electron chi connectivity index (χ3n) is 6.53. The highest BCUT2D eigenvalue weighted by Gasteiger charge is 2.36. The number of aromatic nitrogens is 2. The number of piperidine rings is 1. The lowest BCUT2D eigenvalue weighted by molar-refractivity contribution is -0.138. The summed E-state index contributed by atoms with van der Waals surface area (Å²) in [5, 5.41) is 0. The highest BCUT2D eigenvalue weighted by atomic mass is 19.4. The molecule has 182 valence electrons. The van der Waals surface area contributed by atoms with Crippen LogP contribution in [0, 0.1) is 0 Å². The number of carbonyl (C=O) groups excluding carboxylic acids is 1. The third-order valence-corrected chi connectivity index (χ3v) is 6.53. The van der Waals surface area contributed by atoms with Crippen molar-refractivity contribution in [1.29, 1.82) is 0 Å². The Kier molecular flexibility index (Phi) is 7.14. The number of fused-ring (bicyclic) bond motifs is 1. The van der Waals surface area contributed by atoms with E-state index in [1.807, 2.05) is 12.3 Å². The van der Waals surface area contributed by atoms with Gasteiger partial charge in [-0.1, -0.05) is 32.0 Å². The first-order valence-corrected chi connectivity index (χ1v) is 12.0. The largest absolute Gasteiger partial charge is 0.416 e. The Morgan fingerprint density at radius 2 is 1.79 bits per heavy atom. The van der Waals surface area contributed by atoms with Gasteiger partial charge in [-0.2, -0.15) is 13.2 Å². The van der Waals surface area contributed by atoms with Crippen molar-refractivity contribution in [1.82, 2.24) is 14.9 Å². The van der Waals surface area contributed by atoms with Gasteiger partial charge in [-0.05, 0) is 55.4 Å². The summed E-state index contributed by atoms with van der Waals surface area (Å²) in [6, 6.07) is 9.56. The second-order valence-corrected chi connectivity index (χ2v) is 8.95. The zero-order valence-corrected chi connectivity index (χ0v) is 19.7. The fourth-order valence-corrected chi connectivity index (χ4v) is 4.87. The molecule has 1 fully saturated rings. The minimum Gasteiger partial charge on any atom is -0.370 e. The van der Waals surface area contributed by atoms with Crippen molar-refractivity contribution in [3.8, 4) is 0 Å². The van der Waals surface area contributed by atoms with Gasteiger partial charge in [0.2, 0.25) is 0 Å². The molecular formula is C26H31F3N4O. The van der Waals surface area contributed by atoms with E-state index in [0.29, 0.717) is 37.2 Å². The summed E-state index contributed by atoms with van der Waals surface area (Å²) in [4.78, 5) is 24.9. The molecule has 3 aromatic rings.